The van der Waals surface area contributed by atoms with Crippen molar-refractivity contribution in [3.8, 4) is 0 Å². The van der Waals surface area contributed by atoms with Crippen molar-refractivity contribution in [2.75, 3.05) is 31.1 Å². The van der Waals surface area contributed by atoms with E-state index in [0.717, 1.165) is 66.9 Å². The zero-order chi connectivity index (χ0) is 24.4. The summed E-state index contributed by atoms with van der Waals surface area (Å²) in [6.07, 6.45) is 7.24. The van der Waals surface area contributed by atoms with E-state index < -0.39 is 6.09 Å². The molecule has 4 heterocycles. The molecule has 3 aromatic rings. The summed E-state index contributed by atoms with van der Waals surface area (Å²) < 4.78 is 4.09. The smallest absolute Gasteiger partial charge is 0.412 e. The minimum atomic E-state index is -0.928. The molecule has 1 atom stereocenters. The number of hydrogen-bond donors (Lipinski definition) is 2. The molecular formula is C25H33N7O3. The second-order valence-corrected chi connectivity index (χ2v) is 9.43. The van der Waals surface area contributed by atoms with Crippen molar-refractivity contribution in [2.24, 2.45) is 0 Å². The van der Waals surface area contributed by atoms with Crippen LogP contribution in [0.3, 0.4) is 0 Å². The van der Waals surface area contributed by atoms with E-state index in [0.29, 0.717) is 32.6 Å². The maximum atomic E-state index is 12.4. The highest BCUT2D eigenvalue weighted by atomic mass is 16.4. The number of anilines is 1. The molecule has 2 aliphatic heterocycles. The normalized spacial score (nSPS) is 17.8. The van der Waals surface area contributed by atoms with Crippen molar-refractivity contribution in [1.29, 1.82) is 0 Å². The van der Waals surface area contributed by atoms with Crippen LogP contribution in [0.5, 0.6) is 0 Å². The zero-order valence-electron chi connectivity index (χ0n) is 20.2. The number of aryl methyl sites for hydroxylation is 3. The molecule has 2 aliphatic rings. The van der Waals surface area contributed by atoms with Crippen LogP contribution in [0.4, 0.5) is 10.5 Å². The van der Waals surface area contributed by atoms with Gasteiger partial charge in [-0.3, -0.25) is 14.4 Å². The summed E-state index contributed by atoms with van der Waals surface area (Å²) in [6.45, 7) is 6.05. The van der Waals surface area contributed by atoms with Gasteiger partial charge >= 0.3 is 6.09 Å². The Labute approximate surface area is 204 Å². The lowest BCUT2D eigenvalue weighted by atomic mass is 9.96. The fourth-order valence-electron chi connectivity index (χ4n) is 5.32. The molecule has 1 saturated heterocycles. The minimum Gasteiger partial charge on any atom is -0.465 e. The average Bonchev–Trinajstić information content (AvgIpc) is 3.61. The molecule has 2 amide bonds. The molecule has 186 valence electrons. The van der Waals surface area contributed by atoms with Gasteiger partial charge in [0.25, 0.3) is 0 Å². The monoisotopic (exact) mass is 479 g/mol. The molecule has 1 aromatic carbocycles. The van der Waals surface area contributed by atoms with E-state index in [2.05, 4.69) is 15.0 Å². The Morgan fingerprint density at radius 3 is 2.77 bits per heavy atom. The molecule has 2 aromatic heterocycles. The zero-order valence-corrected chi connectivity index (χ0v) is 20.2. The minimum absolute atomic E-state index is 0.0591. The lowest BCUT2D eigenvalue weighted by molar-refractivity contribution is -0.129. The third kappa shape index (κ3) is 4.75. The van der Waals surface area contributed by atoms with Gasteiger partial charge < -0.3 is 19.9 Å². The number of benzene rings is 1. The number of carboxylic acid groups (broad SMARTS) is 1. The van der Waals surface area contributed by atoms with E-state index in [9.17, 15) is 14.7 Å². The van der Waals surface area contributed by atoms with Crippen LogP contribution >= 0.6 is 0 Å². The molecule has 0 spiro atoms. The Balaban J connectivity index is 1.39. The first-order chi connectivity index (χ1) is 17.0. The van der Waals surface area contributed by atoms with Gasteiger partial charge in [0.1, 0.15) is 5.82 Å². The van der Waals surface area contributed by atoms with Crippen LogP contribution in [0.15, 0.2) is 30.6 Å². The first kappa shape index (κ1) is 23.3. The topological polar surface area (TPSA) is 109 Å². The summed E-state index contributed by atoms with van der Waals surface area (Å²) >= 11 is 0. The van der Waals surface area contributed by atoms with E-state index in [4.69, 9.17) is 4.98 Å². The number of likely N-dealkylation sites (tertiary alicyclic amines) is 1. The molecule has 10 nitrogen and oxygen atoms in total. The first-order valence-corrected chi connectivity index (χ1v) is 12.5. The summed E-state index contributed by atoms with van der Waals surface area (Å²) in [6, 6.07) is 5.75. The Bertz CT molecular complexity index is 1200. The van der Waals surface area contributed by atoms with Gasteiger partial charge in [-0.05, 0) is 50.8 Å². The standard InChI is InChI=1S/C25H33N7O3/c1-18-5-6-19-20(32(18)25(34)35)7-8-21-24(19)28-22(9-15-30-14-4-10-27-30)31(21)16-11-26-17-23(33)29-12-2-3-13-29/h4,7-8,10,14,18,26H,2-3,5-6,9,11-13,15-17H2,1H3,(H,34,35)/t18-/m0/s1. The van der Waals surface area contributed by atoms with Crippen molar-refractivity contribution >= 4 is 28.7 Å². The third-order valence-electron chi connectivity index (χ3n) is 7.17. The second-order valence-electron chi connectivity index (χ2n) is 9.43. The Kier molecular flexibility index (Phi) is 6.72. The number of aromatic nitrogens is 4. The van der Waals surface area contributed by atoms with Gasteiger partial charge in [-0.2, -0.15) is 5.10 Å². The largest absolute Gasteiger partial charge is 0.465 e. The third-order valence-corrected chi connectivity index (χ3v) is 7.17. The van der Waals surface area contributed by atoms with Crippen molar-refractivity contribution < 1.29 is 14.7 Å². The first-order valence-electron chi connectivity index (χ1n) is 12.5. The molecule has 1 fully saturated rings. The van der Waals surface area contributed by atoms with Gasteiger partial charge in [0.15, 0.2) is 0 Å². The molecular weight excluding hydrogens is 446 g/mol. The second kappa shape index (κ2) is 10.1. The van der Waals surface area contributed by atoms with Crippen LogP contribution in [-0.2, 0) is 30.7 Å². The van der Waals surface area contributed by atoms with Crippen LogP contribution in [0.2, 0.25) is 0 Å². The van der Waals surface area contributed by atoms with Crippen molar-refractivity contribution in [2.45, 2.75) is 58.2 Å². The van der Waals surface area contributed by atoms with Crippen molar-refractivity contribution in [3.05, 3.63) is 42.0 Å². The van der Waals surface area contributed by atoms with E-state index in [1.165, 1.54) is 4.90 Å². The van der Waals surface area contributed by atoms with Crippen LogP contribution in [0, 0.1) is 0 Å². The highest BCUT2D eigenvalue weighted by Crippen LogP contribution is 2.36. The molecule has 10 heteroatoms. The van der Waals surface area contributed by atoms with Crippen molar-refractivity contribution in [3.63, 3.8) is 0 Å². The Hall–Kier alpha value is -3.40. The van der Waals surface area contributed by atoms with Gasteiger partial charge in [-0.25, -0.2) is 9.78 Å². The molecule has 5 rings (SSSR count). The number of amides is 2. The van der Waals surface area contributed by atoms with E-state index in [1.807, 2.05) is 40.9 Å². The number of carbonyl (C=O) groups is 2. The highest BCUT2D eigenvalue weighted by Gasteiger charge is 2.30. The summed E-state index contributed by atoms with van der Waals surface area (Å²) in [4.78, 5) is 32.7. The highest BCUT2D eigenvalue weighted by molar-refractivity contribution is 5.94. The molecule has 35 heavy (non-hydrogen) atoms. The Morgan fingerprint density at radius 1 is 1.20 bits per heavy atom. The van der Waals surface area contributed by atoms with Gasteiger partial charge in [0, 0.05) is 63.1 Å². The predicted octanol–water partition coefficient (Wildman–Crippen LogP) is 2.51. The number of carbonyl (C=O) groups excluding carboxylic acids is 1. The SMILES string of the molecule is C[C@H]1CCc2c(ccc3c2nc(CCn2cccn2)n3CCNCC(=O)N2CCCC2)N1C(=O)O. The van der Waals surface area contributed by atoms with Crippen LogP contribution in [0.25, 0.3) is 11.0 Å². The number of fused-ring (bicyclic) bond motifs is 3. The quantitative estimate of drug-likeness (QED) is 0.481. The van der Waals surface area contributed by atoms with Gasteiger partial charge in [0.2, 0.25) is 5.91 Å². The molecule has 0 bridgehead atoms. The predicted molar refractivity (Wildman–Crippen MR) is 133 cm³/mol. The summed E-state index contributed by atoms with van der Waals surface area (Å²) in [5, 5.41) is 17.4. The van der Waals surface area contributed by atoms with Crippen LogP contribution < -0.4 is 10.2 Å². The number of hydrogen-bond acceptors (Lipinski definition) is 5. The summed E-state index contributed by atoms with van der Waals surface area (Å²) in [5.41, 5.74) is 3.62. The lowest BCUT2D eigenvalue weighted by Gasteiger charge is -2.33. The van der Waals surface area contributed by atoms with E-state index in [1.54, 1.807) is 6.20 Å². The van der Waals surface area contributed by atoms with E-state index >= 15 is 0 Å². The number of nitrogens with one attached hydrogen (secondary N) is 1. The maximum Gasteiger partial charge on any atom is 0.412 e. The Morgan fingerprint density at radius 2 is 2.03 bits per heavy atom. The molecule has 2 N–H and O–H groups in total. The average molecular weight is 480 g/mol. The fraction of sp³-hybridized carbons (Fsp3) is 0.520. The summed E-state index contributed by atoms with van der Waals surface area (Å²) in [7, 11) is 0. The van der Waals surface area contributed by atoms with Gasteiger partial charge in [-0.15, -0.1) is 0 Å². The molecule has 0 radical (unpaired) electrons. The fourth-order valence-corrected chi connectivity index (χ4v) is 5.32. The van der Waals surface area contributed by atoms with Gasteiger partial charge in [0.05, 0.1) is 23.3 Å². The van der Waals surface area contributed by atoms with Crippen LogP contribution in [0.1, 0.15) is 37.6 Å². The molecule has 0 saturated carbocycles. The number of nitrogens with zero attached hydrogens (tertiary/aromatic N) is 6. The van der Waals surface area contributed by atoms with E-state index in [-0.39, 0.29) is 11.9 Å². The lowest BCUT2D eigenvalue weighted by Crippen LogP contribution is -2.41. The number of imidazole rings is 1. The number of rotatable bonds is 8. The van der Waals surface area contributed by atoms with Crippen molar-refractivity contribution in [1.82, 2.24) is 29.5 Å². The maximum absolute atomic E-state index is 12.4. The summed E-state index contributed by atoms with van der Waals surface area (Å²) in [5.74, 6) is 1.10. The van der Waals surface area contributed by atoms with Crippen LogP contribution in [-0.4, -0.2) is 73.6 Å². The molecule has 0 aliphatic carbocycles. The molecule has 0 unspecified atom stereocenters. The van der Waals surface area contributed by atoms with Gasteiger partial charge in [-0.1, -0.05) is 0 Å².